The summed E-state index contributed by atoms with van der Waals surface area (Å²) in [5, 5.41) is 14.4. The number of aromatic hydroxyl groups is 1. The molecule has 5 rings (SSSR count). The molecule has 7 heteroatoms. The lowest BCUT2D eigenvalue weighted by Gasteiger charge is -2.07. The number of halogens is 1. The number of aromatic nitrogens is 2. The Kier molecular flexibility index (Phi) is 5.55. The van der Waals surface area contributed by atoms with Gasteiger partial charge in [-0.3, -0.25) is 5.32 Å². The molecule has 0 aliphatic carbocycles. The molecule has 0 saturated carbocycles. The van der Waals surface area contributed by atoms with Crippen molar-refractivity contribution in [3.05, 3.63) is 95.6 Å². The second-order valence-corrected chi connectivity index (χ2v) is 8.98. The number of rotatable bonds is 5. The van der Waals surface area contributed by atoms with Crippen LogP contribution in [0.15, 0.2) is 95.0 Å². The molecule has 32 heavy (non-hydrogen) atoms. The van der Waals surface area contributed by atoms with Gasteiger partial charge in [-0.05, 0) is 54.1 Å². The minimum absolute atomic E-state index is 0.0239. The molecule has 158 valence electrons. The van der Waals surface area contributed by atoms with Gasteiger partial charge in [0.15, 0.2) is 11.1 Å². The van der Waals surface area contributed by atoms with Crippen LogP contribution < -0.4 is 9.88 Å². The van der Waals surface area contributed by atoms with E-state index in [-0.39, 0.29) is 17.7 Å². The maximum atomic E-state index is 13.3. The van der Waals surface area contributed by atoms with E-state index in [2.05, 4.69) is 5.32 Å². The SMILES string of the molecule is O=C1C(Cc2ccccc2)Nc2c(Sc3ccc(Cl)cc3)nc(-c3ccc(O)cc3)c[n+]21. The van der Waals surface area contributed by atoms with Crippen LogP contribution >= 0.6 is 23.4 Å². The van der Waals surface area contributed by atoms with E-state index in [1.165, 1.54) is 11.8 Å². The van der Waals surface area contributed by atoms with Crippen LogP contribution in [0.2, 0.25) is 5.02 Å². The van der Waals surface area contributed by atoms with Crippen molar-refractivity contribution in [1.82, 2.24) is 4.98 Å². The van der Waals surface area contributed by atoms with Gasteiger partial charge >= 0.3 is 11.7 Å². The minimum atomic E-state index is -0.376. The number of carbonyl (C=O) groups is 1. The summed E-state index contributed by atoms with van der Waals surface area (Å²) < 4.78 is 1.65. The van der Waals surface area contributed by atoms with Crippen molar-refractivity contribution in [3.8, 4) is 17.0 Å². The maximum Gasteiger partial charge on any atom is 0.359 e. The van der Waals surface area contributed by atoms with Crippen LogP contribution in [0.3, 0.4) is 0 Å². The highest BCUT2D eigenvalue weighted by molar-refractivity contribution is 7.99. The lowest BCUT2D eigenvalue weighted by atomic mass is 10.1. The van der Waals surface area contributed by atoms with Crippen molar-refractivity contribution < 1.29 is 14.5 Å². The first kappa shape index (κ1) is 20.5. The number of anilines is 1. The molecular weight excluding hydrogens is 442 g/mol. The maximum absolute atomic E-state index is 13.3. The van der Waals surface area contributed by atoms with Crippen LogP contribution in [0.4, 0.5) is 5.82 Å². The summed E-state index contributed by atoms with van der Waals surface area (Å²) in [5.41, 5.74) is 2.56. The molecule has 0 radical (unpaired) electrons. The molecular formula is C25H19ClN3O2S+. The lowest BCUT2D eigenvalue weighted by molar-refractivity contribution is -0.554. The highest BCUT2D eigenvalue weighted by atomic mass is 35.5. The molecule has 4 aromatic rings. The van der Waals surface area contributed by atoms with E-state index in [0.29, 0.717) is 28.0 Å². The average molecular weight is 461 g/mol. The fourth-order valence-corrected chi connectivity index (χ4v) is 4.65. The van der Waals surface area contributed by atoms with Crippen LogP contribution in [-0.4, -0.2) is 22.0 Å². The van der Waals surface area contributed by atoms with E-state index in [9.17, 15) is 9.90 Å². The van der Waals surface area contributed by atoms with E-state index < -0.39 is 0 Å². The molecule has 0 saturated heterocycles. The van der Waals surface area contributed by atoms with Crippen LogP contribution in [0.1, 0.15) is 10.4 Å². The summed E-state index contributed by atoms with van der Waals surface area (Å²) >= 11 is 7.50. The predicted octanol–water partition coefficient (Wildman–Crippen LogP) is 5.22. The monoisotopic (exact) mass is 460 g/mol. The van der Waals surface area contributed by atoms with Crippen molar-refractivity contribution >= 4 is 35.1 Å². The van der Waals surface area contributed by atoms with E-state index >= 15 is 0 Å². The third-order valence-corrected chi connectivity index (χ3v) is 6.48. The summed E-state index contributed by atoms with van der Waals surface area (Å²) in [5.74, 6) is 0.835. The highest BCUT2D eigenvalue weighted by Gasteiger charge is 2.41. The average Bonchev–Trinajstić information content (AvgIpc) is 3.12. The second-order valence-electron chi connectivity index (χ2n) is 7.48. The standard InChI is InChI=1S/C25H18ClN3O2S/c26-18-8-12-20(13-9-18)32-24-23-27-21(14-16-4-2-1-3-5-16)25(31)29(23)15-22(28-24)17-6-10-19(30)11-7-17/h1-13,15,21,30H,14H2/p+1. The first-order chi connectivity index (χ1) is 15.6. The van der Waals surface area contributed by atoms with Gasteiger partial charge in [-0.1, -0.05) is 53.7 Å². The topological polar surface area (TPSA) is 66.1 Å². The Hall–Kier alpha value is -3.35. The highest BCUT2D eigenvalue weighted by Crippen LogP contribution is 2.34. The number of phenols is 1. The Labute approximate surface area is 194 Å². The van der Waals surface area contributed by atoms with Crippen molar-refractivity contribution in [3.63, 3.8) is 0 Å². The summed E-state index contributed by atoms with van der Waals surface area (Å²) in [6, 6.07) is 23.9. The summed E-state index contributed by atoms with van der Waals surface area (Å²) in [6.07, 6.45) is 2.34. The lowest BCUT2D eigenvalue weighted by Crippen LogP contribution is -2.43. The number of benzene rings is 3. The Morgan fingerprint density at radius 2 is 1.72 bits per heavy atom. The van der Waals surface area contributed by atoms with Crippen molar-refractivity contribution in [2.24, 2.45) is 0 Å². The number of hydrogen-bond donors (Lipinski definition) is 2. The van der Waals surface area contributed by atoms with Crippen LogP contribution in [0.25, 0.3) is 11.3 Å². The minimum Gasteiger partial charge on any atom is -0.508 e. The third kappa shape index (κ3) is 4.20. The van der Waals surface area contributed by atoms with Crippen molar-refractivity contribution in [1.29, 1.82) is 0 Å². The summed E-state index contributed by atoms with van der Waals surface area (Å²) in [4.78, 5) is 19.1. The van der Waals surface area contributed by atoms with Gasteiger partial charge in [0.05, 0.1) is 0 Å². The van der Waals surface area contributed by atoms with Gasteiger partial charge in [0.1, 0.15) is 17.6 Å². The van der Waals surface area contributed by atoms with E-state index in [0.717, 1.165) is 16.0 Å². The molecule has 1 aliphatic heterocycles. The molecule has 0 spiro atoms. The summed E-state index contributed by atoms with van der Waals surface area (Å²) in [7, 11) is 0. The van der Waals surface area contributed by atoms with E-state index in [1.54, 1.807) is 35.0 Å². The van der Waals surface area contributed by atoms with Gasteiger partial charge < -0.3 is 5.11 Å². The smallest absolute Gasteiger partial charge is 0.359 e. The number of nitrogens with one attached hydrogen (secondary N) is 1. The fraction of sp³-hybridized carbons (Fsp3) is 0.0800. The molecule has 2 heterocycles. The van der Waals surface area contributed by atoms with Gasteiger partial charge in [0.25, 0.3) is 0 Å². The number of carbonyl (C=O) groups excluding carboxylic acids is 1. The zero-order chi connectivity index (χ0) is 22.1. The third-order valence-electron chi connectivity index (χ3n) is 5.24. The zero-order valence-electron chi connectivity index (χ0n) is 16.9. The summed E-state index contributed by atoms with van der Waals surface area (Å²) in [6.45, 7) is 0. The molecule has 1 unspecified atom stereocenters. The van der Waals surface area contributed by atoms with Gasteiger partial charge in [0, 0.05) is 21.9 Å². The van der Waals surface area contributed by atoms with Gasteiger partial charge in [-0.2, -0.15) is 4.57 Å². The van der Waals surface area contributed by atoms with E-state index in [1.807, 2.05) is 54.6 Å². The Balaban J connectivity index is 1.55. The number of hydrogen-bond acceptors (Lipinski definition) is 5. The zero-order valence-corrected chi connectivity index (χ0v) is 18.5. The number of nitrogens with zero attached hydrogens (tertiary/aromatic N) is 2. The van der Waals surface area contributed by atoms with Crippen LogP contribution in [0, 0.1) is 0 Å². The Bertz CT molecular complexity index is 1280. The Morgan fingerprint density at radius 3 is 2.44 bits per heavy atom. The van der Waals surface area contributed by atoms with Crippen LogP contribution in [0.5, 0.6) is 5.75 Å². The first-order valence-electron chi connectivity index (χ1n) is 10.1. The van der Waals surface area contributed by atoms with Crippen LogP contribution in [-0.2, 0) is 6.42 Å². The van der Waals surface area contributed by atoms with Gasteiger partial charge in [0.2, 0.25) is 0 Å². The molecule has 1 atom stereocenters. The quantitative estimate of drug-likeness (QED) is 0.399. The molecule has 1 aromatic heterocycles. The molecule has 2 N–H and O–H groups in total. The molecule has 3 aromatic carbocycles. The largest absolute Gasteiger partial charge is 0.508 e. The molecule has 0 fully saturated rings. The Morgan fingerprint density at radius 1 is 1.00 bits per heavy atom. The van der Waals surface area contributed by atoms with E-state index in [4.69, 9.17) is 16.6 Å². The molecule has 0 amide bonds. The normalized spacial score (nSPS) is 14.8. The van der Waals surface area contributed by atoms with Gasteiger partial charge in [-0.15, -0.1) is 0 Å². The predicted molar refractivity (Wildman–Crippen MR) is 125 cm³/mol. The van der Waals surface area contributed by atoms with Crippen molar-refractivity contribution in [2.75, 3.05) is 5.32 Å². The number of fused-ring (bicyclic) bond motifs is 1. The fourth-order valence-electron chi connectivity index (χ4n) is 3.63. The van der Waals surface area contributed by atoms with Crippen molar-refractivity contribution in [2.45, 2.75) is 22.4 Å². The molecule has 1 aliphatic rings. The second kappa shape index (κ2) is 8.65. The molecule has 0 bridgehead atoms. The number of phenolic OH excluding ortho intramolecular Hbond substituents is 1. The molecule has 5 nitrogen and oxygen atoms in total. The first-order valence-corrected chi connectivity index (χ1v) is 11.3. The van der Waals surface area contributed by atoms with Gasteiger partial charge in [-0.25, -0.2) is 9.78 Å².